The number of nitrogens with zero attached hydrogens (tertiary/aromatic N) is 3. The first-order valence-electron chi connectivity index (χ1n) is 11.7. The lowest BCUT2D eigenvalue weighted by Crippen LogP contribution is -2.39. The van der Waals surface area contributed by atoms with Gasteiger partial charge in [-0.2, -0.15) is 0 Å². The third-order valence-electron chi connectivity index (χ3n) is 6.04. The Morgan fingerprint density at radius 3 is 2.66 bits per heavy atom. The zero-order chi connectivity index (χ0) is 26.8. The molecule has 1 amide bonds. The van der Waals surface area contributed by atoms with E-state index in [9.17, 15) is 20.0 Å². The van der Waals surface area contributed by atoms with E-state index in [2.05, 4.69) is 15.6 Å². The van der Waals surface area contributed by atoms with Gasteiger partial charge in [0, 0.05) is 37.0 Å². The fourth-order valence-electron chi connectivity index (χ4n) is 4.18. The van der Waals surface area contributed by atoms with E-state index in [-0.39, 0.29) is 28.0 Å². The first kappa shape index (κ1) is 25.1. The van der Waals surface area contributed by atoms with Crippen LogP contribution in [0.15, 0.2) is 59.0 Å². The number of aromatic nitrogens is 1. The summed E-state index contributed by atoms with van der Waals surface area (Å²) in [5.41, 5.74) is 3.60. The van der Waals surface area contributed by atoms with Crippen LogP contribution in [0.3, 0.4) is 0 Å². The van der Waals surface area contributed by atoms with Crippen molar-refractivity contribution in [3.8, 4) is 17.2 Å². The van der Waals surface area contributed by atoms with Crippen molar-refractivity contribution in [3.63, 3.8) is 0 Å². The van der Waals surface area contributed by atoms with Crippen molar-refractivity contribution >= 4 is 51.4 Å². The highest BCUT2D eigenvalue weighted by molar-refractivity contribution is 7.80. The van der Waals surface area contributed by atoms with Crippen LogP contribution in [0, 0.1) is 17.0 Å². The molecule has 0 bridgehead atoms. The second-order valence-electron chi connectivity index (χ2n) is 8.69. The van der Waals surface area contributed by atoms with E-state index >= 15 is 0 Å². The van der Waals surface area contributed by atoms with Crippen molar-refractivity contribution in [3.05, 3.63) is 75.8 Å². The number of rotatable bonds is 5. The lowest BCUT2D eigenvalue weighted by atomic mass is 10.1. The van der Waals surface area contributed by atoms with Gasteiger partial charge in [0.15, 0.2) is 10.7 Å². The molecule has 3 N–H and O–H groups in total. The molecule has 12 heteroatoms. The van der Waals surface area contributed by atoms with Gasteiger partial charge < -0.3 is 24.5 Å². The molecule has 5 rings (SSSR count). The largest absolute Gasteiger partial charge is 0.507 e. The highest BCUT2D eigenvalue weighted by Crippen LogP contribution is 2.33. The number of carbonyl (C=O) groups is 1. The number of fused-ring (bicyclic) bond motifs is 1. The zero-order valence-corrected chi connectivity index (χ0v) is 21.1. The number of thiocarbonyl (C=S) groups is 1. The molecule has 0 unspecified atom stereocenters. The number of oxazole rings is 1. The molecule has 0 saturated carbocycles. The van der Waals surface area contributed by atoms with Crippen LogP contribution in [-0.2, 0) is 4.74 Å². The van der Waals surface area contributed by atoms with Crippen LogP contribution < -0.4 is 15.5 Å². The van der Waals surface area contributed by atoms with Gasteiger partial charge in [-0.05, 0) is 55.0 Å². The Bertz CT molecular complexity index is 1560. The Balaban J connectivity index is 1.32. The highest BCUT2D eigenvalue weighted by Gasteiger charge is 2.23. The first-order chi connectivity index (χ1) is 18.3. The predicted octanol–water partition coefficient (Wildman–Crippen LogP) is 4.38. The summed E-state index contributed by atoms with van der Waals surface area (Å²) in [6, 6.07) is 14.5. The maximum absolute atomic E-state index is 13.1. The Morgan fingerprint density at radius 2 is 1.92 bits per heavy atom. The molecule has 0 atom stereocenters. The minimum atomic E-state index is -0.602. The number of hydrogen-bond donors (Lipinski definition) is 3. The summed E-state index contributed by atoms with van der Waals surface area (Å²) in [6.07, 6.45) is 0. The molecule has 1 aliphatic heterocycles. The summed E-state index contributed by atoms with van der Waals surface area (Å²) in [5.74, 6) is -0.428. The fourth-order valence-corrected chi connectivity index (χ4v) is 4.39. The summed E-state index contributed by atoms with van der Waals surface area (Å²) in [7, 11) is 0. The van der Waals surface area contributed by atoms with Gasteiger partial charge in [0.2, 0.25) is 5.89 Å². The van der Waals surface area contributed by atoms with E-state index in [1.165, 1.54) is 18.2 Å². The maximum atomic E-state index is 13.1. The third-order valence-corrected chi connectivity index (χ3v) is 6.25. The van der Waals surface area contributed by atoms with Gasteiger partial charge in [0.25, 0.3) is 11.6 Å². The van der Waals surface area contributed by atoms with Crippen LogP contribution in [0.1, 0.15) is 15.9 Å². The van der Waals surface area contributed by atoms with Gasteiger partial charge in [0.1, 0.15) is 11.3 Å². The third kappa shape index (κ3) is 5.26. The molecule has 1 saturated heterocycles. The molecule has 1 aromatic heterocycles. The normalized spacial score (nSPS) is 13.3. The van der Waals surface area contributed by atoms with Gasteiger partial charge in [0.05, 0.1) is 35.0 Å². The monoisotopic (exact) mass is 533 g/mol. The second-order valence-corrected chi connectivity index (χ2v) is 9.10. The van der Waals surface area contributed by atoms with E-state index in [0.717, 1.165) is 5.56 Å². The number of hydrogen-bond acceptors (Lipinski definition) is 9. The number of aryl methyl sites for hydroxylation is 1. The highest BCUT2D eigenvalue weighted by atomic mass is 32.1. The van der Waals surface area contributed by atoms with Gasteiger partial charge in [-0.1, -0.05) is 6.07 Å². The molecule has 1 aliphatic rings. The number of amides is 1. The number of morpholine rings is 1. The molecular formula is C26H23N5O6S. The molecule has 0 aliphatic carbocycles. The minimum Gasteiger partial charge on any atom is -0.507 e. The lowest BCUT2D eigenvalue weighted by molar-refractivity contribution is -0.384. The van der Waals surface area contributed by atoms with E-state index in [1.54, 1.807) is 18.2 Å². The standard InChI is InChI=1S/C26H23N5O6S/c1-15-2-7-23-20(12-15)28-25(37-23)18-5-3-16(13-22(18)32)27-26(38)29-24(33)19-14-17(31(34)35)4-6-21(19)30-8-10-36-11-9-30/h2-7,12-14,32H,8-11H2,1H3,(H2,27,29,33,38). The van der Waals surface area contributed by atoms with Crippen LogP contribution in [0.5, 0.6) is 5.75 Å². The average Bonchev–Trinajstić information content (AvgIpc) is 3.31. The molecule has 3 aromatic carbocycles. The number of phenols is 1. The summed E-state index contributed by atoms with van der Waals surface area (Å²) in [6.45, 7) is 4.02. The van der Waals surface area contributed by atoms with E-state index in [4.69, 9.17) is 21.4 Å². The number of nitro groups is 1. The molecule has 38 heavy (non-hydrogen) atoms. The quantitative estimate of drug-likeness (QED) is 0.192. The Hall–Kier alpha value is -4.55. The van der Waals surface area contributed by atoms with Crippen molar-refractivity contribution in [2.45, 2.75) is 6.92 Å². The van der Waals surface area contributed by atoms with E-state index in [1.807, 2.05) is 30.0 Å². The van der Waals surface area contributed by atoms with Gasteiger partial charge >= 0.3 is 0 Å². The van der Waals surface area contributed by atoms with Gasteiger partial charge in [-0.15, -0.1) is 0 Å². The van der Waals surface area contributed by atoms with Crippen LogP contribution >= 0.6 is 12.2 Å². The molecule has 194 valence electrons. The topological polar surface area (TPSA) is 143 Å². The predicted molar refractivity (Wildman–Crippen MR) is 146 cm³/mol. The van der Waals surface area contributed by atoms with Crippen LogP contribution in [0.25, 0.3) is 22.6 Å². The average molecular weight is 534 g/mol. The molecule has 11 nitrogen and oxygen atoms in total. The number of nitro benzene ring substituents is 1. The maximum Gasteiger partial charge on any atom is 0.270 e. The molecule has 0 radical (unpaired) electrons. The van der Waals surface area contributed by atoms with Crippen molar-refractivity contribution in [2.24, 2.45) is 0 Å². The lowest BCUT2D eigenvalue weighted by Gasteiger charge is -2.30. The SMILES string of the molecule is Cc1ccc2oc(-c3ccc(NC(=S)NC(=O)c4cc([N+](=O)[O-])ccc4N4CCOCC4)cc3O)nc2c1. The minimum absolute atomic E-state index is 0.0427. The van der Waals surface area contributed by atoms with Crippen molar-refractivity contribution in [1.82, 2.24) is 10.3 Å². The molecule has 0 spiro atoms. The van der Waals surface area contributed by atoms with Crippen LogP contribution in [-0.4, -0.2) is 52.3 Å². The van der Waals surface area contributed by atoms with E-state index < -0.39 is 10.8 Å². The number of aromatic hydroxyl groups is 1. The molecule has 4 aromatic rings. The number of non-ortho nitro benzene ring substituents is 1. The van der Waals surface area contributed by atoms with Crippen LogP contribution in [0.2, 0.25) is 0 Å². The van der Waals surface area contributed by atoms with Gasteiger partial charge in [-0.25, -0.2) is 4.98 Å². The van der Waals surface area contributed by atoms with Crippen LogP contribution in [0.4, 0.5) is 17.1 Å². The summed E-state index contributed by atoms with van der Waals surface area (Å²) in [4.78, 5) is 30.3. The number of benzene rings is 3. The van der Waals surface area contributed by atoms with Gasteiger partial charge in [-0.3, -0.25) is 20.2 Å². The zero-order valence-electron chi connectivity index (χ0n) is 20.3. The Morgan fingerprint density at radius 1 is 1.13 bits per heavy atom. The second kappa shape index (κ2) is 10.4. The number of phenolic OH excluding ortho intramolecular Hbond substituents is 1. The number of carbonyl (C=O) groups excluding carboxylic acids is 1. The van der Waals surface area contributed by atoms with Crippen molar-refractivity contribution < 1.29 is 24.0 Å². The summed E-state index contributed by atoms with van der Waals surface area (Å²) < 4.78 is 11.1. The molecule has 1 fully saturated rings. The Labute approximate surface area is 222 Å². The van der Waals surface area contributed by atoms with Crippen molar-refractivity contribution in [1.29, 1.82) is 0 Å². The first-order valence-corrected chi connectivity index (χ1v) is 12.1. The fraction of sp³-hybridized carbons (Fsp3) is 0.192. The number of ether oxygens (including phenoxy) is 1. The molecular weight excluding hydrogens is 510 g/mol. The number of anilines is 2. The summed E-state index contributed by atoms with van der Waals surface area (Å²) in [5, 5.41) is 27.3. The van der Waals surface area contributed by atoms with Crippen molar-refractivity contribution in [2.75, 3.05) is 36.5 Å². The summed E-state index contributed by atoms with van der Waals surface area (Å²) >= 11 is 5.30. The Kier molecular flexibility index (Phi) is 6.90. The van der Waals surface area contributed by atoms with E-state index in [0.29, 0.717) is 54.3 Å². The smallest absolute Gasteiger partial charge is 0.270 e. The number of nitrogens with one attached hydrogen (secondary N) is 2. The molecule has 2 heterocycles.